The highest BCUT2D eigenvalue weighted by atomic mass is 35.5. The van der Waals surface area contributed by atoms with Gasteiger partial charge in [0.1, 0.15) is 12.4 Å². The fraction of sp³-hybridized carbons (Fsp3) is 0.211. The molecule has 3 aromatic rings. The van der Waals surface area contributed by atoms with Crippen molar-refractivity contribution in [3.8, 4) is 5.75 Å². The van der Waals surface area contributed by atoms with Gasteiger partial charge in [0.2, 0.25) is 0 Å². The van der Waals surface area contributed by atoms with Crippen LogP contribution >= 0.6 is 23.2 Å². The zero-order chi connectivity index (χ0) is 17.8. The number of pyridine rings is 1. The summed E-state index contributed by atoms with van der Waals surface area (Å²) in [6.45, 7) is 1.40. The van der Waals surface area contributed by atoms with E-state index in [1.165, 1.54) is 0 Å². The van der Waals surface area contributed by atoms with Crippen LogP contribution in [0.25, 0.3) is 10.9 Å². The summed E-state index contributed by atoms with van der Waals surface area (Å²) in [6, 6.07) is 13.2. The topological polar surface area (TPSA) is 37.4 Å². The molecule has 0 radical (unpaired) electrons. The van der Waals surface area contributed by atoms with Crippen LogP contribution in [0.3, 0.4) is 0 Å². The minimum absolute atomic E-state index is 0.576. The third kappa shape index (κ3) is 4.54. The van der Waals surface area contributed by atoms with Gasteiger partial charge in [-0.05, 0) is 50.5 Å². The second kappa shape index (κ2) is 7.91. The van der Waals surface area contributed by atoms with Gasteiger partial charge in [-0.3, -0.25) is 4.98 Å². The second-order valence-corrected chi connectivity index (χ2v) is 6.79. The Balaban J connectivity index is 1.83. The Labute approximate surface area is 157 Å². The lowest BCUT2D eigenvalue weighted by atomic mass is 10.2. The summed E-state index contributed by atoms with van der Waals surface area (Å²) in [4.78, 5) is 6.42. The molecule has 0 unspecified atom stereocenters. The molecule has 4 nitrogen and oxygen atoms in total. The van der Waals surface area contributed by atoms with Gasteiger partial charge in [0.25, 0.3) is 0 Å². The van der Waals surface area contributed by atoms with Crippen LogP contribution in [0.2, 0.25) is 10.0 Å². The van der Waals surface area contributed by atoms with E-state index < -0.39 is 0 Å². The lowest BCUT2D eigenvalue weighted by molar-refractivity contribution is 0.261. The van der Waals surface area contributed by atoms with Crippen LogP contribution in [0.1, 0.15) is 0 Å². The van der Waals surface area contributed by atoms with E-state index >= 15 is 0 Å². The average molecular weight is 376 g/mol. The normalized spacial score (nSPS) is 11.1. The van der Waals surface area contributed by atoms with E-state index in [1.54, 1.807) is 6.20 Å². The maximum atomic E-state index is 6.24. The minimum Gasteiger partial charge on any atom is -0.491 e. The summed E-state index contributed by atoms with van der Waals surface area (Å²) in [5.41, 5.74) is 2.68. The first-order valence-corrected chi connectivity index (χ1v) is 8.67. The van der Waals surface area contributed by atoms with Gasteiger partial charge in [-0.2, -0.15) is 0 Å². The van der Waals surface area contributed by atoms with Crippen LogP contribution in [-0.2, 0) is 0 Å². The highest BCUT2D eigenvalue weighted by Gasteiger charge is 2.07. The molecule has 1 heterocycles. The van der Waals surface area contributed by atoms with Crippen molar-refractivity contribution in [3.63, 3.8) is 0 Å². The number of nitrogens with one attached hydrogen (secondary N) is 1. The summed E-state index contributed by atoms with van der Waals surface area (Å²) < 4.78 is 5.79. The lowest BCUT2D eigenvalue weighted by Gasteiger charge is -2.14. The maximum Gasteiger partial charge on any atom is 0.140 e. The number of aromatic nitrogens is 1. The van der Waals surface area contributed by atoms with Crippen molar-refractivity contribution in [2.45, 2.75) is 0 Å². The number of hydrogen-bond acceptors (Lipinski definition) is 4. The van der Waals surface area contributed by atoms with Crippen molar-refractivity contribution in [1.82, 2.24) is 9.88 Å². The molecule has 6 heteroatoms. The number of halogens is 2. The summed E-state index contributed by atoms with van der Waals surface area (Å²) >= 11 is 12.3. The molecule has 1 aromatic heterocycles. The first kappa shape index (κ1) is 17.8. The fourth-order valence-electron chi connectivity index (χ4n) is 2.42. The van der Waals surface area contributed by atoms with E-state index in [9.17, 15) is 0 Å². The van der Waals surface area contributed by atoms with E-state index in [4.69, 9.17) is 27.9 Å². The summed E-state index contributed by atoms with van der Waals surface area (Å²) in [6.07, 6.45) is 1.76. The van der Waals surface area contributed by atoms with Gasteiger partial charge in [-0.25, -0.2) is 0 Å². The van der Waals surface area contributed by atoms with E-state index in [0.29, 0.717) is 22.4 Å². The molecule has 0 atom stereocenters. The van der Waals surface area contributed by atoms with E-state index in [-0.39, 0.29) is 0 Å². The van der Waals surface area contributed by atoms with Crippen molar-refractivity contribution in [3.05, 3.63) is 58.7 Å². The SMILES string of the molecule is CN(C)CCOc1cc(Nc2ccnc3cc(Cl)ccc23)ccc1Cl. The lowest BCUT2D eigenvalue weighted by Crippen LogP contribution is -2.19. The van der Waals surface area contributed by atoms with Crippen LogP contribution in [-0.4, -0.2) is 37.1 Å². The molecule has 1 N–H and O–H groups in total. The molecule has 2 aromatic carbocycles. The monoisotopic (exact) mass is 375 g/mol. The molecule has 0 bridgehead atoms. The number of rotatable bonds is 6. The Morgan fingerprint density at radius 2 is 1.92 bits per heavy atom. The summed E-state index contributed by atoms with van der Waals surface area (Å²) in [5, 5.41) is 5.66. The summed E-state index contributed by atoms with van der Waals surface area (Å²) in [5.74, 6) is 0.662. The van der Waals surface area contributed by atoms with Crippen LogP contribution in [0.4, 0.5) is 11.4 Å². The predicted molar refractivity (Wildman–Crippen MR) is 106 cm³/mol. The highest BCUT2D eigenvalue weighted by Crippen LogP contribution is 2.31. The molecule has 0 spiro atoms. The largest absolute Gasteiger partial charge is 0.491 e. The minimum atomic E-state index is 0.576. The number of anilines is 2. The van der Waals surface area contributed by atoms with Crippen LogP contribution in [0.5, 0.6) is 5.75 Å². The molecule has 0 fully saturated rings. The van der Waals surface area contributed by atoms with Gasteiger partial charge in [-0.1, -0.05) is 23.2 Å². The fourth-order valence-corrected chi connectivity index (χ4v) is 2.75. The van der Waals surface area contributed by atoms with E-state index in [1.807, 2.05) is 56.6 Å². The molecule has 0 saturated carbocycles. The van der Waals surface area contributed by atoms with E-state index in [0.717, 1.165) is 28.8 Å². The molecule has 25 heavy (non-hydrogen) atoms. The smallest absolute Gasteiger partial charge is 0.140 e. The maximum absolute atomic E-state index is 6.24. The van der Waals surface area contributed by atoms with Crippen molar-refractivity contribution in [1.29, 1.82) is 0 Å². The summed E-state index contributed by atoms with van der Waals surface area (Å²) in [7, 11) is 4.01. The van der Waals surface area contributed by atoms with Crippen molar-refractivity contribution >= 4 is 45.5 Å². The second-order valence-electron chi connectivity index (χ2n) is 5.94. The molecule has 0 amide bonds. The third-order valence-corrected chi connectivity index (χ3v) is 4.26. The Kier molecular flexibility index (Phi) is 5.63. The standard InChI is InChI=1S/C19H19Cl2N3O/c1-24(2)9-10-25-19-12-14(4-6-16(19)21)23-17-7-8-22-18-11-13(20)3-5-15(17)18/h3-8,11-12H,9-10H2,1-2H3,(H,22,23). The Morgan fingerprint density at radius 3 is 2.72 bits per heavy atom. The highest BCUT2D eigenvalue weighted by molar-refractivity contribution is 6.32. The Bertz CT molecular complexity index is 884. The third-order valence-electron chi connectivity index (χ3n) is 3.71. The number of benzene rings is 2. The van der Waals surface area contributed by atoms with Gasteiger partial charge >= 0.3 is 0 Å². The average Bonchev–Trinajstić information content (AvgIpc) is 2.57. The molecular weight excluding hydrogens is 357 g/mol. The molecule has 130 valence electrons. The van der Waals surface area contributed by atoms with Gasteiger partial charge in [0.15, 0.2) is 0 Å². The van der Waals surface area contributed by atoms with Gasteiger partial charge in [0, 0.05) is 40.6 Å². The Morgan fingerprint density at radius 1 is 1.08 bits per heavy atom. The van der Waals surface area contributed by atoms with Gasteiger partial charge < -0.3 is 15.0 Å². The first-order valence-electron chi connectivity index (χ1n) is 7.91. The van der Waals surface area contributed by atoms with Crippen molar-refractivity contribution < 1.29 is 4.74 Å². The first-order chi connectivity index (χ1) is 12.0. The molecule has 3 rings (SSSR count). The van der Waals surface area contributed by atoms with Crippen LogP contribution < -0.4 is 10.1 Å². The predicted octanol–water partition coefficient (Wildman–Crippen LogP) is 5.23. The van der Waals surface area contributed by atoms with Crippen molar-refractivity contribution in [2.24, 2.45) is 0 Å². The van der Waals surface area contributed by atoms with Crippen LogP contribution in [0.15, 0.2) is 48.7 Å². The molecular formula is C19H19Cl2N3O. The van der Waals surface area contributed by atoms with Gasteiger partial charge in [-0.15, -0.1) is 0 Å². The molecule has 0 saturated heterocycles. The zero-order valence-corrected chi connectivity index (χ0v) is 15.6. The number of fused-ring (bicyclic) bond motifs is 1. The van der Waals surface area contributed by atoms with E-state index in [2.05, 4.69) is 15.2 Å². The number of nitrogens with zero attached hydrogens (tertiary/aromatic N) is 2. The van der Waals surface area contributed by atoms with Crippen LogP contribution in [0, 0.1) is 0 Å². The molecule has 0 aliphatic heterocycles. The zero-order valence-electron chi connectivity index (χ0n) is 14.1. The number of ether oxygens (including phenoxy) is 1. The molecule has 0 aliphatic carbocycles. The Hall–Kier alpha value is -2.01. The quantitative estimate of drug-likeness (QED) is 0.640. The van der Waals surface area contributed by atoms with Crippen molar-refractivity contribution in [2.75, 3.05) is 32.6 Å². The number of likely N-dealkylation sites (N-methyl/N-ethyl adjacent to an activating group) is 1. The number of hydrogen-bond donors (Lipinski definition) is 1. The molecule has 0 aliphatic rings. The van der Waals surface area contributed by atoms with Gasteiger partial charge in [0.05, 0.1) is 10.5 Å².